The second-order valence-corrected chi connectivity index (χ2v) is 7.04. The molecule has 21 heavy (non-hydrogen) atoms. The van der Waals surface area contributed by atoms with Crippen LogP contribution in [-0.4, -0.2) is 0 Å². The van der Waals surface area contributed by atoms with Gasteiger partial charge in [-0.25, -0.2) is 0 Å². The average Bonchev–Trinajstić information content (AvgIpc) is 2.45. The summed E-state index contributed by atoms with van der Waals surface area (Å²) >= 11 is 5.90. The van der Waals surface area contributed by atoms with Crippen molar-refractivity contribution in [2.45, 2.75) is 45.7 Å². The first-order valence-corrected chi connectivity index (χ1v) is 7.82. The van der Waals surface area contributed by atoms with Crippen LogP contribution in [0.15, 0.2) is 48.5 Å². The zero-order chi connectivity index (χ0) is 15.5. The van der Waals surface area contributed by atoms with E-state index in [0.29, 0.717) is 6.04 Å². The summed E-state index contributed by atoms with van der Waals surface area (Å²) in [5.41, 5.74) is 4.14. The highest BCUT2D eigenvalue weighted by molar-refractivity contribution is 6.30. The molecule has 1 unspecified atom stereocenters. The number of rotatable bonds is 4. The maximum Gasteiger partial charge on any atom is 0.0406 e. The highest BCUT2D eigenvalue weighted by Gasteiger charge is 2.13. The molecule has 0 aliphatic carbocycles. The lowest BCUT2D eigenvalue weighted by Crippen LogP contribution is -2.18. The van der Waals surface area contributed by atoms with Crippen LogP contribution < -0.4 is 5.32 Å². The van der Waals surface area contributed by atoms with Gasteiger partial charge in [0, 0.05) is 17.6 Å². The molecule has 0 aromatic heterocycles. The fourth-order valence-corrected chi connectivity index (χ4v) is 2.39. The summed E-state index contributed by atoms with van der Waals surface area (Å²) in [6.45, 7) is 9.76. The molecule has 0 radical (unpaired) electrons. The molecule has 0 aliphatic rings. The van der Waals surface area contributed by atoms with Gasteiger partial charge in [0.1, 0.15) is 0 Å². The summed E-state index contributed by atoms with van der Waals surface area (Å²) in [7, 11) is 0. The maximum atomic E-state index is 5.90. The molecular weight excluding hydrogens is 278 g/mol. The molecule has 0 amide bonds. The minimum absolute atomic E-state index is 0.207. The Bertz CT molecular complexity index is 564. The van der Waals surface area contributed by atoms with Gasteiger partial charge in [0.05, 0.1) is 0 Å². The summed E-state index contributed by atoms with van der Waals surface area (Å²) in [5, 5.41) is 4.33. The molecule has 2 heteroatoms. The van der Waals surface area contributed by atoms with E-state index in [4.69, 9.17) is 11.6 Å². The Kier molecular flexibility index (Phi) is 5.08. The Balaban J connectivity index is 1.97. The topological polar surface area (TPSA) is 12.0 Å². The molecule has 0 heterocycles. The number of benzene rings is 2. The second kappa shape index (κ2) is 6.64. The molecule has 0 bridgehead atoms. The number of hydrogen-bond acceptors (Lipinski definition) is 1. The van der Waals surface area contributed by atoms with Gasteiger partial charge in [-0.2, -0.15) is 0 Å². The lowest BCUT2D eigenvalue weighted by molar-refractivity contribution is 0.569. The summed E-state index contributed by atoms with van der Waals surface area (Å²) in [6.07, 6.45) is 0. The van der Waals surface area contributed by atoms with Crippen molar-refractivity contribution in [3.63, 3.8) is 0 Å². The molecule has 2 aromatic rings. The number of halogens is 1. The van der Waals surface area contributed by atoms with Gasteiger partial charge in [-0.1, -0.05) is 68.8 Å². The Morgan fingerprint density at radius 3 is 2.05 bits per heavy atom. The smallest absolute Gasteiger partial charge is 0.0406 e. The number of nitrogens with one attached hydrogen (secondary N) is 1. The van der Waals surface area contributed by atoms with E-state index in [9.17, 15) is 0 Å². The van der Waals surface area contributed by atoms with Crippen LogP contribution in [-0.2, 0) is 12.0 Å². The second-order valence-electron chi connectivity index (χ2n) is 6.60. The molecular formula is C19H24ClN. The van der Waals surface area contributed by atoms with Crippen LogP contribution in [0.25, 0.3) is 0 Å². The van der Waals surface area contributed by atoms with Crippen molar-refractivity contribution in [3.05, 3.63) is 70.2 Å². The third kappa shape index (κ3) is 4.59. The molecule has 1 atom stereocenters. The monoisotopic (exact) mass is 301 g/mol. The summed E-state index contributed by atoms with van der Waals surface area (Å²) in [5.74, 6) is 0. The van der Waals surface area contributed by atoms with E-state index >= 15 is 0 Å². The molecule has 2 aromatic carbocycles. The van der Waals surface area contributed by atoms with Crippen molar-refractivity contribution in [3.8, 4) is 0 Å². The van der Waals surface area contributed by atoms with E-state index in [1.807, 2.05) is 12.1 Å². The van der Waals surface area contributed by atoms with E-state index in [-0.39, 0.29) is 5.41 Å². The molecule has 0 saturated heterocycles. The van der Waals surface area contributed by atoms with Crippen LogP contribution in [0.2, 0.25) is 5.02 Å². The van der Waals surface area contributed by atoms with E-state index in [2.05, 4.69) is 69.4 Å². The third-order valence-electron chi connectivity index (χ3n) is 3.80. The quantitative estimate of drug-likeness (QED) is 0.787. The third-order valence-corrected chi connectivity index (χ3v) is 4.05. The van der Waals surface area contributed by atoms with Crippen LogP contribution in [0.4, 0.5) is 0 Å². The summed E-state index contributed by atoms with van der Waals surface area (Å²) in [4.78, 5) is 0. The normalized spacial score (nSPS) is 13.2. The van der Waals surface area contributed by atoms with Crippen LogP contribution >= 0.6 is 11.6 Å². The minimum Gasteiger partial charge on any atom is -0.306 e. The lowest BCUT2D eigenvalue weighted by atomic mass is 9.86. The van der Waals surface area contributed by atoms with Crippen LogP contribution in [0.1, 0.15) is 50.4 Å². The van der Waals surface area contributed by atoms with Crippen molar-refractivity contribution in [2.75, 3.05) is 0 Å². The van der Waals surface area contributed by atoms with Gasteiger partial charge >= 0.3 is 0 Å². The highest BCUT2D eigenvalue weighted by atomic mass is 35.5. The minimum atomic E-state index is 0.207. The van der Waals surface area contributed by atoms with E-state index in [1.54, 1.807) is 0 Å². The van der Waals surface area contributed by atoms with Crippen molar-refractivity contribution in [1.82, 2.24) is 5.32 Å². The van der Waals surface area contributed by atoms with Gasteiger partial charge in [0.15, 0.2) is 0 Å². The van der Waals surface area contributed by atoms with Crippen molar-refractivity contribution in [2.24, 2.45) is 0 Å². The summed E-state index contributed by atoms with van der Waals surface area (Å²) < 4.78 is 0. The Morgan fingerprint density at radius 2 is 1.52 bits per heavy atom. The van der Waals surface area contributed by atoms with Gasteiger partial charge in [-0.15, -0.1) is 0 Å². The highest BCUT2D eigenvalue weighted by Crippen LogP contribution is 2.24. The largest absolute Gasteiger partial charge is 0.306 e. The Labute approximate surface area is 133 Å². The molecule has 1 nitrogen and oxygen atoms in total. The Hall–Kier alpha value is -1.31. The first-order valence-electron chi connectivity index (χ1n) is 7.44. The molecule has 0 spiro atoms. The maximum absolute atomic E-state index is 5.90. The van der Waals surface area contributed by atoms with Gasteiger partial charge in [-0.3, -0.25) is 0 Å². The first-order chi connectivity index (χ1) is 9.86. The van der Waals surface area contributed by atoms with E-state index in [0.717, 1.165) is 11.6 Å². The average molecular weight is 302 g/mol. The molecule has 0 aliphatic heterocycles. The fraction of sp³-hybridized carbons (Fsp3) is 0.368. The summed E-state index contributed by atoms with van der Waals surface area (Å²) in [6, 6.07) is 17.2. The molecule has 0 fully saturated rings. The van der Waals surface area contributed by atoms with Crippen LogP contribution in [0.5, 0.6) is 0 Å². The Morgan fingerprint density at radius 1 is 0.952 bits per heavy atom. The van der Waals surface area contributed by atoms with Gasteiger partial charge < -0.3 is 5.32 Å². The standard InChI is InChI=1S/C19H24ClN/c1-14(21-13-15-5-11-18(20)12-6-15)16-7-9-17(10-8-16)19(2,3)4/h5-12,14,21H,13H2,1-4H3. The van der Waals surface area contributed by atoms with Crippen LogP contribution in [0, 0.1) is 0 Å². The zero-order valence-corrected chi connectivity index (χ0v) is 14.0. The molecule has 2 rings (SSSR count). The van der Waals surface area contributed by atoms with Crippen LogP contribution in [0.3, 0.4) is 0 Å². The van der Waals surface area contributed by atoms with Crippen molar-refractivity contribution in [1.29, 1.82) is 0 Å². The van der Waals surface area contributed by atoms with E-state index in [1.165, 1.54) is 16.7 Å². The van der Waals surface area contributed by atoms with Gasteiger partial charge in [0.25, 0.3) is 0 Å². The lowest BCUT2D eigenvalue weighted by Gasteiger charge is -2.20. The van der Waals surface area contributed by atoms with Gasteiger partial charge in [-0.05, 0) is 41.2 Å². The first kappa shape index (κ1) is 16.1. The predicted molar refractivity (Wildman–Crippen MR) is 91.8 cm³/mol. The molecule has 112 valence electrons. The fourth-order valence-electron chi connectivity index (χ4n) is 2.26. The zero-order valence-electron chi connectivity index (χ0n) is 13.3. The molecule has 0 saturated carbocycles. The van der Waals surface area contributed by atoms with E-state index < -0.39 is 0 Å². The molecule has 1 N–H and O–H groups in total. The van der Waals surface area contributed by atoms with Crippen molar-refractivity contribution >= 4 is 11.6 Å². The number of hydrogen-bond donors (Lipinski definition) is 1. The van der Waals surface area contributed by atoms with Crippen molar-refractivity contribution < 1.29 is 0 Å². The SMILES string of the molecule is CC(NCc1ccc(Cl)cc1)c1ccc(C(C)(C)C)cc1. The van der Waals surface area contributed by atoms with Gasteiger partial charge in [0.2, 0.25) is 0 Å². The predicted octanol–water partition coefficient (Wildman–Crippen LogP) is 5.49.